The number of nitrogens with zero attached hydrogens (tertiary/aromatic N) is 4. The Hall–Kier alpha value is -3.39. The highest BCUT2D eigenvalue weighted by Gasteiger charge is 2.13. The first kappa shape index (κ1) is 18.0. The Labute approximate surface area is 165 Å². The number of aryl methyl sites for hydroxylation is 1. The average molecular weight is 397 g/mol. The molecule has 3 heterocycles. The Kier molecular flexibility index (Phi) is 4.94. The van der Waals surface area contributed by atoms with Gasteiger partial charge in [-0.15, -0.1) is 0 Å². The molecule has 0 saturated heterocycles. The van der Waals surface area contributed by atoms with Crippen molar-refractivity contribution in [2.45, 2.75) is 6.92 Å². The average Bonchev–Trinajstić information content (AvgIpc) is 3.34. The summed E-state index contributed by atoms with van der Waals surface area (Å²) >= 11 is 6.10. The van der Waals surface area contributed by atoms with Gasteiger partial charge >= 0.3 is 0 Å². The first-order valence-electron chi connectivity index (χ1n) is 8.66. The predicted molar refractivity (Wildman–Crippen MR) is 106 cm³/mol. The van der Waals surface area contributed by atoms with E-state index in [4.69, 9.17) is 16.0 Å². The molecule has 142 valence electrons. The summed E-state index contributed by atoms with van der Waals surface area (Å²) < 4.78 is 6.79. The van der Waals surface area contributed by atoms with Crippen molar-refractivity contribution in [2.24, 2.45) is 0 Å². The molecular formula is C19H17ClN6O2. The van der Waals surface area contributed by atoms with Crippen molar-refractivity contribution in [2.75, 3.05) is 18.4 Å². The van der Waals surface area contributed by atoms with Crippen molar-refractivity contribution in [3.63, 3.8) is 0 Å². The van der Waals surface area contributed by atoms with E-state index in [1.807, 2.05) is 25.1 Å². The maximum Gasteiger partial charge on any atom is 0.287 e. The second kappa shape index (κ2) is 7.69. The van der Waals surface area contributed by atoms with Crippen LogP contribution in [0.25, 0.3) is 16.7 Å². The Morgan fingerprint density at radius 3 is 2.89 bits per heavy atom. The van der Waals surface area contributed by atoms with Crippen LogP contribution in [-0.4, -0.2) is 38.7 Å². The Morgan fingerprint density at radius 2 is 2.11 bits per heavy atom. The van der Waals surface area contributed by atoms with E-state index in [9.17, 15) is 4.79 Å². The van der Waals surface area contributed by atoms with Crippen LogP contribution in [-0.2, 0) is 0 Å². The SMILES string of the molecule is Cc1nc(NCCNC(=O)c2ccco2)c2cnn(-c3cccc(Cl)c3)c2n1. The monoisotopic (exact) mass is 396 g/mol. The second-order valence-corrected chi connectivity index (χ2v) is 6.49. The normalized spacial score (nSPS) is 10.9. The zero-order valence-electron chi connectivity index (χ0n) is 15.0. The molecule has 28 heavy (non-hydrogen) atoms. The number of aromatic nitrogens is 4. The maximum atomic E-state index is 11.9. The van der Waals surface area contributed by atoms with Gasteiger partial charge in [-0.05, 0) is 37.3 Å². The van der Waals surface area contributed by atoms with Crippen molar-refractivity contribution in [1.82, 2.24) is 25.1 Å². The highest BCUT2D eigenvalue weighted by Crippen LogP contribution is 2.23. The van der Waals surface area contributed by atoms with Crippen LogP contribution in [0.3, 0.4) is 0 Å². The minimum Gasteiger partial charge on any atom is -0.459 e. The van der Waals surface area contributed by atoms with Crippen molar-refractivity contribution in [3.8, 4) is 5.69 Å². The van der Waals surface area contributed by atoms with E-state index in [1.54, 1.807) is 29.1 Å². The number of carbonyl (C=O) groups is 1. The largest absolute Gasteiger partial charge is 0.459 e. The molecule has 2 N–H and O–H groups in total. The molecule has 0 aliphatic carbocycles. The fraction of sp³-hybridized carbons (Fsp3) is 0.158. The Morgan fingerprint density at radius 1 is 1.21 bits per heavy atom. The summed E-state index contributed by atoms with van der Waals surface area (Å²) in [4.78, 5) is 20.9. The van der Waals surface area contributed by atoms with E-state index in [2.05, 4.69) is 25.7 Å². The molecule has 0 aliphatic heterocycles. The summed E-state index contributed by atoms with van der Waals surface area (Å²) in [6.07, 6.45) is 3.17. The summed E-state index contributed by atoms with van der Waals surface area (Å²) in [5.41, 5.74) is 1.49. The number of rotatable bonds is 6. The number of hydrogen-bond acceptors (Lipinski definition) is 6. The van der Waals surface area contributed by atoms with Gasteiger partial charge in [0, 0.05) is 18.1 Å². The first-order valence-corrected chi connectivity index (χ1v) is 9.03. The minimum atomic E-state index is -0.260. The number of anilines is 1. The van der Waals surface area contributed by atoms with E-state index in [0.717, 1.165) is 11.1 Å². The zero-order valence-corrected chi connectivity index (χ0v) is 15.8. The third-order valence-electron chi connectivity index (χ3n) is 4.04. The third-order valence-corrected chi connectivity index (χ3v) is 4.28. The number of fused-ring (bicyclic) bond motifs is 1. The minimum absolute atomic E-state index is 0.260. The molecule has 0 spiro atoms. The fourth-order valence-corrected chi connectivity index (χ4v) is 2.98. The lowest BCUT2D eigenvalue weighted by molar-refractivity contribution is 0.0927. The topological polar surface area (TPSA) is 97.9 Å². The van der Waals surface area contributed by atoms with E-state index in [0.29, 0.717) is 35.4 Å². The Balaban J connectivity index is 1.51. The number of benzene rings is 1. The molecule has 3 aromatic heterocycles. The third kappa shape index (κ3) is 3.67. The van der Waals surface area contributed by atoms with Crippen LogP contribution in [0.2, 0.25) is 5.02 Å². The van der Waals surface area contributed by atoms with E-state index in [1.165, 1.54) is 6.26 Å². The van der Waals surface area contributed by atoms with Gasteiger partial charge < -0.3 is 15.1 Å². The smallest absolute Gasteiger partial charge is 0.287 e. The molecule has 0 bridgehead atoms. The predicted octanol–water partition coefficient (Wildman–Crippen LogP) is 3.21. The highest BCUT2D eigenvalue weighted by atomic mass is 35.5. The summed E-state index contributed by atoms with van der Waals surface area (Å²) in [5, 5.41) is 11.8. The number of furan rings is 1. The molecular weight excluding hydrogens is 380 g/mol. The van der Waals surface area contributed by atoms with Crippen LogP contribution in [0, 0.1) is 6.92 Å². The molecule has 4 rings (SSSR count). The van der Waals surface area contributed by atoms with Crippen molar-refractivity contribution in [3.05, 3.63) is 65.5 Å². The molecule has 9 heteroatoms. The molecule has 4 aromatic rings. The maximum absolute atomic E-state index is 11.9. The lowest BCUT2D eigenvalue weighted by Crippen LogP contribution is -2.28. The van der Waals surface area contributed by atoms with Gasteiger partial charge in [-0.1, -0.05) is 17.7 Å². The summed E-state index contributed by atoms with van der Waals surface area (Å²) in [7, 11) is 0. The summed E-state index contributed by atoms with van der Waals surface area (Å²) in [6.45, 7) is 2.71. The second-order valence-electron chi connectivity index (χ2n) is 6.05. The van der Waals surface area contributed by atoms with E-state index >= 15 is 0 Å². The zero-order chi connectivity index (χ0) is 19.5. The molecule has 8 nitrogen and oxygen atoms in total. The number of nitrogens with one attached hydrogen (secondary N) is 2. The quantitative estimate of drug-likeness (QED) is 0.485. The van der Waals surface area contributed by atoms with Crippen molar-refractivity contribution >= 4 is 34.4 Å². The molecule has 0 unspecified atom stereocenters. The molecule has 0 radical (unpaired) electrons. The molecule has 1 aromatic carbocycles. The number of hydrogen-bond donors (Lipinski definition) is 2. The summed E-state index contributed by atoms with van der Waals surface area (Å²) in [5.74, 6) is 1.29. The van der Waals surface area contributed by atoms with Gasteiger partial charge in [0.25, 0.3) is 5.91 Å². The van der Waals surface area contributed by atoms with Crippen LogP contribution in [0.15, 0.2) is 53.3 Å². The van der Waals surface area contributed by atoms with Gasteiger partial charge in [0.1, 0.15) is 11.6 Å². The molecule has 0 saturated carbocycles. The van der Waals surface area contributed by atoms with Gasteiger partial charge in [-0.2, -0.15) is 5.10 Å². The standard InChI is InChI=1S/C19H17ClN6O2/c1-12-24-17(21-7-8-22-19(27)16-6-3-9-28-16)15-11-23-26(18(15)25-12)14-5-2-4-13(20)10-14/h2-6,9-11H,7-8H2,1H3,(H,22,27)(H,21,24,25). The molecule has 0 atom stereocenters. The molecule has 0 aliphatic rings. The Bertz CT molecular complexity index is 1120. The molecule has 0 fully saturated rings. The lowest BCUT2D eigenvalue weighted by Gasteiger charge is -2.09. The van der Waals surface area contributed by atoms with Crippen LogP contribution < -0.4 is 10.6 Å². The number of carbonyl (C=O) groups excluding carboxylic acids is 1. The number of halogens is 1. The van der Waals surface area contributed by atoms with Crippen molar-refractivity contribution in [1.29, 1.82) is 0 Å². The van der Waals surface area contributed by atoms with Crippen LogP contribution in [0.4, 0.5) is 5.82 Å². The van der Waals surface area contributed by atoms with Crippen LogP contribution >= 0.6 is 11.6 Å². The van der Waals surface area contributed by atoms with Gasteiger partial charge in [0.15, 0.2) is 11.4 Å². The van der Waals surface area contributed by atoms with Gasteiger partial charge in [-0.25, -0.2) is 14.6 Å². The summed E-state index contributed by atoms with van der Waals surface area (Å²) in [6, 6.07) is 10.7. The molecule has 1 amide bonds. The van der Waals surface area contributed by atoms with Crippen molar-refractivity contribution < 1.29 is 9.21 Å². The van der Waals surface area contributed by atoms with Gasteiger partial charge in [0.05, 0.1) is 23.5 Å². The lowest BCUT2D eigenvalue weighted by atomic mass is 10.3. The van der Waals surface area contributed by atoms with Gasteiger partial charge in [0.2, 0.25) is 0 Å². The number of amides is 1. The fourth-order valence-electron chi connectivity index (χ4n) is 2.80. The van der Waals surface area contributed by atoms with E-state index < -0.39 is 0 Å². The van der Waals surface area contributed by atoms with Crippen LogP contribution in [0.1, 0.15) is 16.4 Å². The van der Waals surface area contributed by atoms with Gasteiger partial charge in [-0.3, -0.25) is 4.79 Å². The van der Waals surface area contributed by atoms with E-state index in [-0.39, 0.29) is 11.7 Å². The highest BCUT2D eigenvalue weighted by molar-refractivity contribution is 6.30. The first-order chi connectivity index (χ1) is 13.6. The van der Waals surface area contributed by atoms with Crippen LogP contribution in [0.5, 0.6) is 0 Å².